The van der Waals surface area contributed by atoms with E-state index in [-0.39, 0.29) is 17.5 Å². The van der Waals surface area contributed by atoms with E-state index >= 15 is 0 Å². The molecule has 0 amide bonds. The Morgan fingerprint density at radius 2 is 2.18 bits per heavy atom. The van der Waals surface area contributed by atoms with Crippen molar-refractivity contribution in [2.45, 2.75) is 18.4 Å². The van der Waals surface area contributed by atoms with Crippen LogP contribution < -0.4 is 10.4 Å². The number of benzene rings is 1. The molecule has 4 nitrogen and oxygen atoms in total. The number of rotatable bonds is 2. The molecule has 1 aliphatic heterocycles. The van der Waals surface area contributed by atoms with Crippen molar-refractivity contribution < 1.29 is 9.90 Å². The first-order valence-corrected chi connectivity index (χ1v) is 7.43. The molecule has 4 heteroatoms. The fourth-order valence-corrected chi connectivity index (χ4v) is 3.57. The summed E-state index contributed by atoms with van der Waals surface area (Å²) in [4.78, 5) is 15.6. The van der Waals surface area contributed by atoms with Gasteiger partial charge in [-0.05, 0) is 47.7 Å². The number of pyridine rings is 1. The third kappa shape index (κ3) is 1.99. The highest BCUT2D eigenvalue weighted by Crippen LogP contribution is 2.49. The van der Waals surface area contributed by atoms with Crippen LogP contribution in [0.2, 0.25) is 0 Å². The summed E-state index contributed by atoms with van der Waals surface area (Å²) in [5, 5.41) is 14.6. The number of aromatic nitrogens is 1. The summed E-state index contributed by atoms with van der Waals surface area (Å²) in [5.74, 6) is -0.546. The Labute approximate surface area is 128 Å². The van der Waals surface area contributed by atoms with Gasteiger partial charge in [0.2, 0.25) is 0 Å². The fraction of sp³-hybridized carbons (Fsp3) is 0.222. The summed E-state index contributed by atoms with van der Waals surface area (Å²) in [7, 11) is 0. The van der Waals surface area contributed by atoms with E-state index in [0.717, 1.165) is 23.4 Å². The number of aromatic carboxylic acids is 1. The van der Waals surface area contributed by atoms with E-state index in [9.17, 15) is 9.90 Å². The van der Waals surface area contributed by atoms with Crippen molar-refractivity contribution in [2.24, 2.45) is 5.92 Å². The van der Waals surface area contributed by atoms with Crippen LogP contribution in [0.5, 0.6) is 0 Å². The van der Waals surface area contributed by atoms with Crippen molar-refractivity contribution >= 4 is 11.7 Å². The number of carbonyl (C=O) groups is 1. The van der Waals surface area contributed by atoms with Gasteiger partial charge in [-0.25, -0.2) is 0 Å². The molecule has 3 atom stereocenters. The van der Waals surface area contributed by atoms with Gasteiger partial charge in [0.1, 0.15) is 0 Å². The second kappa shape index (κ2) is 4.98. The second-order valence-corrected chi connectivity index (χ2v) is 5.82. The quantitative estimate of drug-likeness (QED) is 0.862. The van der Waals surface area contributed by atoms with Gasteiger partial charge in [-0.2, -0.15) is 0 Å². The molecular formula is C18H15N2O2-. The summed E-state index contributed by atoms with van der Waals surface area (Å²) >= 11 is 0. The molecule has 0 bridgehead atoms. The first kappa shape index (κ1) is 13.1. The number of allylic oxidation sites excluding steroid dienone is 2. The molecule has 1 aromatic carbocycles. The molecule has 2 aliphatic rings. The smallest absolute Gasteiger partial charge is 0.0725 e. The molecule has 22 heavy (non-hydrogen) atoms. The molecule has 0 radical (unpaired) electrons. The monoisotopic (exact) mass is 291 g/mol. The van der Waals surface area contributed by atoms with Crippen LogP contribution in [0.25, 0.3) is 0 Å². The minimum Gasteiger partial charge on any atom is -0.545 e. The maximum atomic E-state index is 11.1. The molecule has 2 aromatic rings. The SMILES string of the molecule is O=C([O-])c1ccc2c(c1)[C@H]1C=CC[C@@H]1[C@H](c1ccccn1)N2. The highest BCUT2D eigenvalue weighted by atomic mass is 16.4. The van der Waals surface area contributed by atoms with Crippen LogP contribution in [0.1, 0.15) is 40.0 Å². The number of carbonyl (C=O) groups excluding carboxylic acids is 1. The third-order valence-corrected chi connectivity index (χ3v) is 4.60. The molecular weight excluding hydrogens is 276 g/mol. The highest BCUT2D eigenvalue weighted by Gasteiger charge is 2.38. The molecule has 0 saturated heterocycles. The summed E-state index contributed by atoms with van der Waals surface area (Å²) in [6.45, 7) is 0. The Morgan fingerprint density at radius 3 is 2.95 bits per heavy atom. The normalized spacial score (nSPS) is 25.2. The van der Waals surface area contributed by atoms with Crippen LogP contribution >= 0.6 is 0 Å². The Hall–Kier alpha value is -2.62. The third-order valence-electron chi connectivity index (χ3n) is 4.60. The number of carboxylic acid groups (broad SMARTS) is 1. The van der Waals surface area contributed by atoms with Crippen molar-refractivity contribution in [2.75, 3.05) is 5.32 Å². The number of carboxylic acids is 1. The zero-order valence-electron chi connectivity index (χ0n) is 11.9. The summed E-state index contributed by atoms with van der Waals surface area (Å²) < 4.78 is 0. The molecule has 0 spiro atoms. The van der Waals surface area contributed by atoms with Gasteiger partial charge in [0.25, 0.3) is 0 Å². The number of hydrogen-bond acceptors (Lipinski definition) is 4. The van der Waals surface area contributed by atoms with E-state index in [4.69, 9.17) is 0 Å². The van der Waals surface area contributed by atoms with Crippen molar-refractivity contribution in [1.29, 1.82) is 0 Å². The Kier molecular flexibility index (Phi) is 2.96. The van der Waals surface area contributed by atoms with E-state index in [1.54, 1.807) is 12.1 Å². The molecule has 2 heterocycles. The van der Waals surface area contributed by atoms with E-state index in [1.807, 2.05) is 30.5 Å². The molecule has 1 aliphatic carbocycles. The lowest BCUT2D eigenvalue weighted by Gasteiger charge is -2.37. The maximum absolute atomic E-state index is 11.1. The fourth-order valence-electron chi connectivity index (χ4n) is 3.57. The predicted octanol–water partition coefficient (Wildman–Crippen LogP) is 2.27. The molecule has 1 N–H and O–H groups in total. The molecule has 4 rings (SSSR count). The van der Waals surface area contributed by atoms with Crippen LogP contribution in [0.4, 0.5) is 5.69 Å². The standard InChI is InChI=1S/C18H16N2O2/c21-18(22)11-7-8-15-14(10-11)12-4-3-5-13(12)17(20-15)16-6-1-2-9-19-16/h1-4,6-10,12-13,17,20H,5H2,(H,21,22)/p-1/t12-,13-,17+/m0/s1. The minimum absolute atomic E-state index is 0.141. The first-order chi connectivity index (χ1) is 10.7. The van der Waals surface area contributed by atoms with Gasteiger partial charge in [0.05, 0.1) is 17.7 Å². The minimum atomic E-state index is -1.13. The van der Waals surface area contributed by atoms with Gasteiger partial charge in [-0.15, -0.1) is 0 Å². The van der Waals surface area contributed by atoms with Gasteiger partial charge < -0.3 is 15.2 Å². The van der Waals surface area contributed by atoms with Crippen molar-refractivity contribution in [3.05, 3.63) is 71.6 Å². The van der Waals surface area contributed by atoms with Crippen LogP contribution in [-0.4, -0.2) is 11.0 Å². The van der Waals surface area contributed by atoms with E-state index < -0.39 is 5.97 Å². The predicted molar refractivity (Wildman–Crippen MR) is 81.4 cm³/mol. The lowest BCUT2D eigenvalue weighted by atomic mass is 9.78. The zero-order chi connectivity index (χ0) is 15.1. The molecule has 0 fully saturated rings. The number of hydrogen-bond donors (Lipinski definition) is 1. The van der Waals surface area contributed by atoms with Gasteiger partial charge in [0, 0.05) is 17.8 Å². The van der Waals surface area contributed by atoms with Gasteiger partial charge in [0.15, 0.2) is 0 Å². The zero-order valence-corrected chi connectivity index (χ0v) is 11.9. The summed E-state index contributed by atoms with van der Waals surface area (Å²) in [5.41, 5.74) is 3.27. The van der Waals surface area contributed by atoms with Crippen LogP contribution in [0.15, 0.2) is 54.7 Å². The van der Waals surface area contributed by atoms with Crippen LogP contribution in [0.3, 0.4) is 0 Å². The Morgan fingerprint density at radius 1 is 1.27 bits per heavy atom. The van der Waals surface area contributed by atoms with Gasteiger partial charge >= 0.3 is 0 Å². The Bertz CT molecular complexity index is 755. The maximum Gasteiger partial charge on any atom is 0.0725 e. The van der Waals surface area contributed by atoms with Crippen molar-refractivity contribution in [1.82, 2.24) is 4.98 Å². The van der Waals surface area contributed by atoms with Crippen molar-refractivity contribution in [3.63, 3.8) is 0 Å². The van der Waals surface area contributed by atoms with Crippen LogP contribution in [-0.2, 0) is 0 Å². The number of fused-ring (bicyclic) bond motifs is 3. The lowest BCUT2D eigenvalue weighted by Crippen LogP contribution is -2.30. The van der Waals surface area contributed by atoms with Crippen molar-refractivity contribution in [3.8, 4) is 0 Å². The largest absolute Gasteiger partial charge is 0.545 e. The summed E-state index contributed by atoms with van der Waals surface area (Å²) in [6, 6.07) is 11.2. The molecule has 1 aromatic heterocycles. The van der Waals surface area contributed by atoms with Gasteiger partial charge in [-0.3, -0.25) is 4.98 Å². The number of anilines is 1. The lowest BCUT2D eigenvalue weighted by molar-refractivity contribution is -0.255. The number of nitrogens with one attached hydrogen (secondary N) is 1. The van der Waals surface area contributed by atoms with E-state index in [2.05, 4.69) is 22.5 Å². The molecule has 110 valence electrons. The number of nitrogens with zero attached hydrogens (tertiary/aromatic N) is 1. The average molecular weight is 291 g/mol. The Balaban J connectivity index is 1.79. The second-order valence-electron chi connectivity index (χ2n) is 5.82. The summed E-state index contributed by atoms with van der Waals surface area (Å²) in [6.07, 6.45) is 7.13. The van der Waals surface area contributed by atoms with E-state index in [0.29, 0.717) is 5.92 Å². The highest BCUT2D eigenvalue weighted by molar-refractivity contribution is 5.87. The molecule has 0 saturated carbocycles. The topological polar surface area (TPSA) is 65.0 Å². The molecule has 0 unspecified atom stereocenters. The van der Waals surface area contributed by atoms with E-state index in [1.165, 1.54) is 0 Å². The average Bonchev–Trinajstić information content (AvgIpc) is 3.04. The van der Waals surface area contributed by atoms with Crippen LogP contribution in [0, 0.1) is 5.92 Å². The van der Waals surface area contributed by atoms with Gasteiger partial charge in [-0.1, -0.05) is 24.3 Å². The first-order valence-electron chi connectivity index (χ1n) is 7.43.